The van der Waals surface area contributed by atoms with Crippen LogP contribution in [0.3, 0.4) is 0 Å². The second-order valence-corrected chi connectivity index (χ2v) is 8.34. The van der Waals surface area contributed by atoms with E-state index in [1.807, 2.05) is 0 Å². The fourth-order valence-electron chi connectivity index (χ4n) is 2.64. The van der Waals surface area contributed by atoms with Crippen LogP contribution in [0.4, 0.5) is 23.0 Å². The minimum atomic E-state index is -3.88. The molecule has 3 aromatic rings. The van der Waals surface area contributed by atoms with Gasteiger partial charge in [0.2, 0.25) is 11.9 Å². The quantitative estimate of drug-likeness (QED) is 0.390. The number of hydrogen-bond donors (Lipinski definition) is 3. The molecule has 0 spiro atoms. The van der Waals surface area contributed by atoms with E-state index in [4.69, 9.17) is 0 Å². The molecule has 3 N–H and O–H groups in total. The molecule has 160 valence electrons. The van der Waals surface area contributed by atoms with E-state index in [1.165, 1.54) is 49.4 Å². The fraction of sp³-hybridized carbons (Fsp3) is 0.150. The van der Waals surface area contributed by atoms with Gasteiger partial charge in [-0.3, -0.25) is 4.79 Å². The molecule has 11 heteroatoms. The lowest BCUT2D eigenvalue weighted by atomic mass is 10.2. The topological polar surface area (TPSA) is 146 Å². The summed E-state index contributed by atoms with van der Waals surface area (Å²) in [6.07, 6.45) is 0. The minimum absolute atomic E-state index is 0.00390. The molecule has 0 saturated carbocycles. The Kier molecular flexibility index (Phi) is 6.25. The molecule has 0 aliphatic heterocycles. The number of amides is 1. The van der Waals surface area contributed by atoms with Crippen LogP contribution >= 0.6 is 0 Å². The van der Waals surface area contributed by atoms with Crippen LogP contribution in [-0.4, -0.2) is 29.4 Å². The summed E-state index contributed by atoms with van der Waals surface area (Å²) in [7, 11) is -3.88. The summed E-state index contributed by atoms with van der Waals surface area (Å²) in [5.41, 5.74) is 2.27. The molecule has 1 aromatic heterocycles. The van der Waals surface area contributed by atoms with Gasteiger partial charge in [0.05, 0.1) is 10.6 Å². The normalized spacial score (nSPS) is 11.5. The van der Waals surface area contributed by atoms with Gasteiger partial charge in [-0.25, -0.2) is 23.1 Å². The Morgan fingerprint density at radius 2 is 1.61 bits per heavy atom. The van der Waals surface area contributed by atoms with E-state index in [-0.39, 0.29) is 28.2 Å². The highest BCUT2D eigenvalue weighted by Gasteiger charge is 2.16. The monoisotopic (exact) mass is 440 g/mol. The molecule has 0 fully saturated rings. The second kappa shape index (κ2) is 8.88. The first-order chi connectivity index (χ1) is 14.6. The number of benzene rings is 2. The summed E-state index contributed by atoms with van der Waals surface area (Å²) in [5.74, 6) is -0.379. The summed E-state index contributed by atoms with van der Waals surface area (Å²) in [4.78, 5) is 19.3. The average molecular weight is 440 g/mol. The molecular weight excluding hydrogens is 420 g/mol. The van der Waals surface area contributed by atoms with Gasteiger partial charge in [0.1, 0.15) is 11.4 Å². The van der Waals surface area contributed by atoms with Crippen LogP contribution in [0.1, 0.15) is 18.3 Å². The molecule has 31 heavy (non-hydrogen) atoms. The SMILES string of the molecule is CC(=O)Nc1ccc(O)c(N=Nc2ccc(S(=O)(=O)Nc3nc(C)cc(C)n3)cc2)c1. The molecule has 2 aromatic carbocycles. The number of nitrogens with zero attached hydrogens (tertiary/aromatic N) is 4. The zero-order valence-corrected chi connectivity index (χ0v) is 17.8. The van der Waals surface area contributed by atoms with Crippen molar-refractivity contribution < 1.29 is 18.3 Å². The predicted molar refractivity (Wildman–Crippen MR) is 115 cm³/mol. The largest absolute Gasteiger partial charge is 0.506 e. The maximum atomic E-state index is 12.6. The molecule has 0 saturated heterocycles. The van der Waals surface area contributed by atoms with Gasteiger partial charge in [-0.1, -0.05) is 0 Å². The Balaban J connectivity index is 1.77. The van der Waals surface area contributed by atoms with Crippen molar-refractivity contribution >= 4 is 38.9 Å². The molecule has 0 bridgehead atoms. The molecule has 10 nitrogen and oxygen atoms in total. The molecule has 0 aliphatic carbocycles. The lowest BCUT2D eigenvalue weighted by molar-refractivity contribution is -0.114. The van der Waals surface area contributed by atoms with Crippen molar-refractivity contribution in [1.29, 1.82) is 0 Å². The van der Waals surface area contributed by atoms with Crippen molar-refractivity contribution in [2.75, 3.05) is 10.0 Å². The Morgan fingerprint density at radius 3 is 2.23 bits per heavy atom. The number of anilines is 2. The third-order valence-electron chi connectivity index (χ3n) is 3.92. The maximum absolute atomic E-state index is 12.6. The van der Waals surface area contributed by atoms with Crippen LogP contribution in [0.2, 0.25) is 0 Å². The zero-order chi connectivity index (χ0) is 22.6. The van der Waals surface area contributed by atoms with Gasteiger partial charge >= 0.3 is 0 Å². The number of carbonyl (C=O) groups excluding carboxylic acids is 1. The number of rotatable bonds is 6. The van der Waals surface area contributed by atoms with Gasteiger partial charge in [0.15, 0.2) is 0 Å². The van der Waals surface area contributed by atoms with E-state index in [0.29, 0.717) is 22.8 Å². The Hall–Kier alpha value is -3.86. The van der Waals surface area contributed by atoms with Crippen molar-refractivity contribution in [2.45, 2.75) is 25.7 Å². The highest BCUT2D eigenvalue weighted by atomic mass is 32.2. The lowest BCUT2D eigenvalue weighted by Gasteiger charge is -2.08. The Morgan fingerprint density at radius 1 is 0.968 bits per heavy atom. The van der Waals surface area contributed by atoms with Crippen LogP contribution < -0.4 is 10.0 Å². The molecule has 0 unspecified atom stereocenters. The number of sulfonamides is 1. The number of aromatic hydroxyl groups is 1. The predicted octanol–water partition coefficient (Wildman–Crippen LogP) is 3.97. The summed E-state index contributed by atoms with van der Waals surface area (Å²) >= 11 is 0. The number of phenolic OH excluding ortho intramolecular Hbond substituents is 1. The highest BCUT2D eigenvalue weighted by molar-refractivity contribution is 7.92. The van der Waals surface area contributed by atoms with E-state index >= 15 is 0 Å². The van der Waals surface area contributed by atoms with Crippen molar-refractivity contribution in [3.8, 4) is 5.75 Å². The van der Waals surface area contributed by atoms with Crippen molar-refractivity contribution in [1.82, 2.24) is 9.97 Å². The number of phenols is 1. The smallest absolute Gasteiger partial charge is 0.264 e. The van der Waals surface area contributed by atoms with Crippen LogP contribution in [0, 0.1) is 13.8 Å². The highest BCUT2D eigenvalue weighted by Crippen LogP contribution is 2.31. The van der Waals surface area contributed by atoms with E-state index in [9.17, 15) is 18.3 Å². The first-order valence-electron chi connectivity index (χ1n) is 9.10. The first kappa shape index (κ1) is 21.8. The van der Waals surface area contributed by atoms with Crippen LogP contribution in [-0.2, 0) is 14.8 Å². The molecule has 1 amide bonds. The maximum Gasteiger partial charge on any atom is 0.264 e. The number of aryl methyl sites for hydroxylation is 2. The van der Waals surface area contributed by atoms with E-state index in [2.05, 4.69) is 30.2 Å². The summed E-state index contributed by atoms with van der Waals surface area (Å²) in [6.45, 7) is 4.86. The van der Waals surface area contributed by atoms with E-state index < -0.39 is 10.0 Å². The Labute approximate surface area is 179 Å². The standard InChI is InChI=1S/C20H20N6O4S/c1-12-10-13(2)22-20(21-12)26-31(29,30)17-7-4-15(5-8-17)24-25-18-11-16(23-14(3)27)6-9-19(18)28/h4-11,28H,1-3H3,(H,23,27)(H,21,22,26). The molecular formula is C20H20N6O4S. The van der Waals surface area contributed by atoms with Gasteiger partial charge in [-0.2, -0.15) is 5.11 Å². The van der Waals surface area contributed by atoms with Crippen molar-refractivity contribution in [3.05, 3.63) is 59.9 Å². The summed E-state index contributed by atoms with van der Waals surface area (Å²) in [5, 5.41) is 20.5. The first-order valence-corrected chi connectivity index (χ1v) is 10.6. The van der Waals surface area contributed by atoms with Crippen molar-refractivity contribution in [3.63, 3.8) is 0 Å². The van der Waals surface area contributed by atoms with Gasteiger partial charge in [0, 0.05) is 24.0 Å². The number of hydrogen-bond acceptors (Lipinski definition) is 8. The zero-order valence-electron chi connectivity index (χ0n) is 17.0. The number of carbonyl (C=O) groups is 1. The molecule has 0 atom stereocenters. The van der Waals surface area contributed by atoms with E-state index in [0.717, 1.165) is 0 Å². The van der Waals surface area contributed by atoms with Gasteiger partial charge < -0.3 is 10.4 Å². The van der Waals surface area contributed by atoms with Gasteiger partial charge in [-0.05, 0) is 62.4 Å². The third kappa shape index (κ3) is 5.82. The number of aromatic nitrogens is 2. The summed E-state index contributed by atoms with van der Waals surface area (Å²) in [6, 6.07) is 11.8. The molecule has 0 aliphatic rings. The van der Waals surface area contributed by atoms with Gasteiger partial charge in [0.25, 0.3) is 10.0 Å². The molecule has 0 radical (unpaired) electrons. The third-order valence-corrected chi connectivity index (χ3v) is 5.27. The van der Waals surface area contributed by atoms with Gasteiger partial charge in [-0.15, -0.1) is 5.11 Å². The second-order valence-electron chi connectivity index (χ2n) is 6.66. The van der Waals surface area contributed by atoms with Crippen LogP contribution in [0.25, 0.3) is 0 Å². The van der Waals surface area contributed by atoms with Crippen molar-refractivity contribution in [2.24, 2.45) is 10.2 Å². The molecule has 3 rings (SSSR count). The number of azo groups is 1. The lowest BCUT2D eigenvalue weighted by Crippen LogP contribution is -2.15. The average Bonchev–Trinajstić information content (AvgIpc) is 2.67. The van der Waals surface area contributed by atoms with Crippen LogP contribution in [0.15, 0.2) is 63.7 Å². The van der Waals surface area contributed by atoms with Crippen LogP contribution in [0.5, 0.6) is 5.75 Å². The fourth-order valence-corrected chi connectivity index (χ4v) is 3.58. The van der Waals surface area contributed by atoms with E-state index in [1.54, 1.807) is 19.9 Å². The molecule has 1 heterocycles. The summed E-state index contributed by atoms with van der Waals surface area (Å²) < 4.78 is 27.5. The number of nitrogens with one attached hydrogen (secondary N) is 2. The Bertz CT molecular complexity index is 1240. The minimum Gasteiger partial charge on any atom is -0.506 e.